The monoisotopic (exact) mass is 294 g/mol. The maximum Gasteiger partial charge on any atom is 0.273 e. The molecule has 1 amide bonds. The number of hydrogen-bond acceptors (Lipinski definition) is 5. The molecule has 116 valence electrons. The molecule has 3 rings (SSSR count). The highest BCUT2D eigenvalue weighted by molar-refractivity contribution is 5.93. The minimum Gasteiger partial charge on any atom is -0.445 e. The molecule has 6 heteroatoms. The van der Waals surface area contributed by atoms with Gasteiger partial charge in [0.15, 0.2) is 11.6 Å². The molecule has 1 unspecified atom stereocenters. The summed E-state index contributed by atoms with van der Waals surface area (Å²) in [5, 5.41) is 3.08. The van der Waals surface area contributed by atoms with Crippen molar-refractivity contribution < 1.29 is 18.7 Å². The summed E-state index contributed by atoms with van der Waals surface area (Å²) in [6, 6.07) is 0.126. The van der Waals surface area contributed by atoms with Crippen LogP contribution < -0.4 is 5.32 Å². The Labute approximate surface area is 124 Å². The van der Waals surface area contributed by atoms with Crippen LogP contribution in [0.5, 0.6) is 0 Å². The van der Waals surface area contributed by atoms with Gasteiger partial charge in [0.05, 0.1) is 5.60 Å². The van der Waals surface area contributed by atoms with Gasteiger partial charge in [0, 0.05) is 32.8 Å². The Morgan fingerprint density at radius 1 is 1.29 bits per heavy atom. The lowest BCUT2D eigenvalue weighted by atomic mass is 9.84. The Hall–Kier alpha value is -1.40. The predicted molar refractivity (Wildman–Crippen MR) is 75.2 cm³/mol. The van der Waals surface area contributed by atoms with Crippen LogP contribution in [0.4, 0.5) is 0 Å². The van der Waals surface area contributed by atoms with E-state index in [0.717, 1.165) is 38.9 Å². The van der Waals surface area contributed by atoms with Crippen molar-refractivity contribution in [3.05, 3.63) is 17.3 Å². The highest BCUT2D eigenvalue weighted by Gasteiger charge is 2.39. The average Bonchev–Trinajstić information content (AvgIpc) is 2.79. The van der Waals surface area contributed by atoms with Crippen molar-refractivity contribution in [1.82, 2.24) is 10.3 Å². The van der Waals surface area contributed by atoms with Crippen LogP contribution in [0.15, 0.2) is 4.42 Å². The number of aryl methyl sites for hydroxylation is 2. The Morgan fingerprint density at radius 3 is 2.71 bits per heavy atom. The molecule has 2 fully saturated rings. The number of oxazole rings is 1. The minimum atomic E-state index is -0.154. The molecule has 1 atom stereocenters. The van der Waals surface area contributed by atoms with Crippen LogP contribution in [0.3, 0.4) is 0 Å². The molecule has 1 N–H and O–H groups in total. The lowest BCUT2D eigenvalue weighted by Crippen LogP contribution is -2.51. The zero-order chi connectivity index (χ0) is 14.9. The van der Waals surface area contributed by atoms with E-state index in [-0.39, 0.29) is 17.6 Å². The van der Waals surface area contributed by atoms with Crippen LogP contribution in [0.2, 0.25) is 0 Å². The first-order chi connectivity index (χ1) is 10.1. The minimum absolute atomic E-state index is 0.122. The summed E-state index contributed by atoms with van der Waals surface area (Å²) < 4.78 is 16.7. The highest BCUT2D eigenvalue weighted by Crippen LogP contribution is 2.34. The van der Waals surface area contributed by atoms with Crippen molar-refractivity contribution in [2.24, 2.45) is 0 Å². The van der Waals surface area contributed by atoms with E-state index in [4.69, 9.17) is 13.9 Å². The van der Waals surface area contributed by atoms with Gasteiger partial charge in [-0.05, 0) is 32.6 Å². The predicted octanol–water partition coefficient (Wildman–Crippen LogP) is 1.75. The molecule has 0 saturated carbocycles. The van der Waals surface area contributed by atoms with Gasteiger partial charge in [-0.2, -0.15) is 0 Å². The van der Waals surface area contributed by atoms with Crippen molar-refractivity contribution in [2.75, 3.05) is 19.8 Å². The van der Waals surface area contributed by atoms with Gasteiger partial charge < -0.3 is 19.2 Å². The third-order valence-electron chi connectivity index (χ3n) is 4.35. The normalized spacial score (nSPS) is 25.0. The Kier molecular flexibility index (Phi) is 3.99. The largest absolute Gasteiger partial charge is 0.445 e. The van der Waals surface area contributed by atoms with E-state index in [1.807, 2.05) is 0 Å². The number of aromatic nitrogens is 1. The average molecular weight is 294 g/mol. The summed E-state index contributed by atoms with van der Waals surface area (Å²) in [6.07, 6.45) is 3.49. The van der Waals surface area contributed by atoms with E-state index in [0.29, 0.717) is 24.0 Å². The summed E-state index contributed by atoms with van der Waals surface area (Å²) in [7, 11) is 0. The molecule has 1 spiro atoms. The summed E-state index contributed by atoms with van der Waals surface area (Å²) in [6.45, 7) is 5.67. The fourth-order valence-electron chi connectivity index (χ4n) is 3.24. The first kappa shape index (κ1) is 14.5. The standard InChI is InChI=1S/C15H22N2O4/c1-10-13(16-11(2)21-10)14(18)17-12-3-6-20-15(9-12)4-7-19-8-5-15/h12H,3-9H2,1-2H3,(H,17,18). The topological polar surface area (TPSA) is 73.6 Å². The van der Waals surface area contributed by atoms with E-state index in [2.05, 4.69) is 10.3 Å². The number of hydrogen-bond donors (Lipinski definition) is 1. The van der Waals surface area contributed by atoms with Crippen LogP contribution in [-0.2, 0) is 9.47 Å². The number of rotatable bonds is 2. The van der Waals surface area contributed by atoms with Crippen molar-refractivity contribution in [1.29, 1.82) is 0 Å². The summed E-state index contributed by atoms with van der Waals surface area (Å²) in [4.78, 5) is 16.5. The molecule has 0 bridgehead atoms. The van der Waals surface area contributed by atoms with E-state index < -0.39 is 0 Å². The fraction of sp³-hybridized carbons (Fsp3) is 0.733. The second-order valence-electron chi connectivity index (χ2n) is 5.94. The molecule has 2 aliphatic heterocycles. The molecule has 0 aliphatic carbocycles. The maximum atomic E-state index is 12.3. The number of ether oxygens (including phenoxy) is 2. The second kappa shape index (κ2) is 5.77. The van der Waals surface area contributed by atoms with E-state index in [9.17, 15) is 4.79 Å². The van der Waals surface area contributed by atoms with Gasteiger partial charge in [0.2, 0.25) is 0 Å². The number of carbonyl (C=O) groups is 1. The Balaban J connectivity index is 1.64. The van der Waals surface area contributed by atoms with Gasteiger partial charge in [0.25, 0.3) is 5.91 Å². The van der Waals surface area contributed by atoms with Gasteiger partial charge in [-0.1, -0.05) is 0 Å². The van der Waals surface area contributed by atoms with Gasteiger partial charge >= 0.3 is 0 Å². The molecule has 2 aliphatic rings. The lowest BCUT2D eigenvalue weighted by Gasteiger charge is -2.43. The van der Waals surface area contributed by atoms with Crippen molar-refractivity contribution in [2.45, 2.75) is 51.2 Å². The summed E-state index contributed by atoms with van der Waals surface area (Å²) in [5.74, 6) is 0.932. The summed E-state index contributed by atoms with van der Waals surface area (Å²) in [5.41, 5.74) is 0.267. The van der Waals surface area contributed by atoms with Gasteiger partial charge in [-0.3, -0.25) is 4.79 Å². The number of carbonyl (C=O) groups excluding carboxylic acids is 1. The molecular formula is C15H22N2O4. The maximum absolute atomic E-state index is 12.3. The van der Waals surface area contributed by atoms with Crippen molar-refractivity contribution >= 4 is 5.91 Å². The second-order valence-corrected chi connectivity index (χ2v) is 5.94. The first-order valence-corrected chi connectivity index (χ1v) is 7.55. The van der Waals surface area contributed by atoms with Crippen LogP contribution in [0.25, 0.3) is 0 Å². The van der Waals surface area contributed by atoms with Crippen LogP contribution in [0, 0.1) is 13.8 Å². The smallest absolute Gasteiger partial charge is 0.273 e. The first-order valence-electron chi connectivity index (χ1n) is 7.55. The van der Waals surface area contributed by atoms with Crippen molar-refractivity contribution in [3.8, 4) is 0 Å². The van der Waals surface area contributed by atoms with Gasteiger partial charge in [0.1, 0.15) is 5.76 Å². The molecule has 0 aromatic carbocycles. The molecule has 6 nitrogen and oxygen atoms in total. The zero-order valence-corrected chi connectivity index (χ0v) is 12.6. The molecule has 1 aromatic heterocycles. The van der Waals surface area contributed by atoms with Gasteiger partial charge in [-0.25, -0.2) is 4.98 Å². The van der Waals surface area contributed by atoms with E-state index in [1.165, 1.54) is 0 Å². The third-order valence-corrected chi connectivity index (χ3v) is 4.35. The molecular weight excluding hydrogens is 272 g/mol. The molecule has 1 aromatic rings. The van der Waals surface area contributed by atoms with E-state index >= 15 is 0 Å². The number of amides is 1. The van der Waals surface area contributed by atoms with Crippen LogP contribution in [-0.4, -0.2) is 42.4 Å². The number of nitrogens with zero attached hydrogens (tertiary/aromatic N) is 1. The third kappa shape index (κ3) is 3.11. The van der Waals surface area contributed by atoms with Gasteiger partial charge in [-0.15, -0.1) is 0 Å². The number of nitrogens with one attached hydrogen (secondary N) is 1. The van der Waals surface area contributed by atoms with Crippen molar-refractivity contribution in [3.63, 3.8) is 0 Å². The summed E-state index contributed by atoms with van der Waals surface area (Å²) >= 11 is 0. The molecule has 3 heterocycles. The van der Waals surface area contributed by atoms with Crippen LogP contribution >= 0.6 is 0 Å². The SMILES string of the molecule is Cc1nc(C(=O)NC2CCOC3(CCOCC3)C2)c(C)o1. The highest BCUT2D eigenvalue weighted by atomic mass is 16.5. The molecule has 0 radical (unpaired) electrons. The van der Waals surface area contributed by atoms with Crippen LogP contribution in [0.1, 0.15) is 47.8 Å². The molecule has 21 heavy (non-hydrogen) atoms. The van der Waals surface area contributed by atoms with E-state index in [1.54, 1.807) is 13.8 Å². The fourth-order valence-corrected chi connectivity index (χ4v) is 3.24. The molecule has 2 saturated heterocycles. The lowest BCUT2D eigenvalue weighted by molar-refractivity contribution is -0.139. The zero-order valence-electron chi connectivity index (χ0n) is 12.6. The Morgan fingerprint density at radius 2 is 2.05 bits per heavy atom. The Bertz CT molecular complexity index is 514. The quantitative estimate of drug-likeness (QED) is 0.899.